The number of aryl methyl sites for hydroxylation is 5. The Morgan fingerprint density at radius 3 is 1.17 bits per heavy atom. The molecule has 0 spiro atoms. The number of benzene rings is 6. The number of oxazole rings is 5. The maximum absolute atomic E-state index is 13.2. The van der Waals surface area contributed by atoms with Crippen LogP contribution in [0.25, 0.3) is 55.5 Å². The average molecular weight is 1670 g/mol. The Morgan fingerprint density at radius 1 is 0.479 bits per heavy atom. The molecule has 620 valence electrons. The Labute approximate surface area is 688 Å². The van der Waals surface area contributed by atoms with E-state index in [1.54, 1.807) is 126 Å². The second-order valence-corrected chi connectivity index (χ2v) is 29.0. The number of nitrogens with two attached hydrogens (primary N) is 1. The fourth-order valence-corrected chi connectivity index (χ4v) is 10.8. The van der Waals surface area contributed by atoms with Gasteiger partial charge in [0.25, 0.3) is 39.5 Å². The molecule has 0 aliphatic carbocycles. The minimum atomic E-state index is -4.02. The molecule has 0 unspecified atom stereocenters. The van der Waals surface area contributed by atoms with Crippen molar-refractivity contribution < 1.29 is 77.4 Å². The first kappa shape index (κ1) is 87.6. The Kier molecular flexibility index (Phi) is 31.1. The number of halogens is 3. The van der Waals surface area contributed by atoms with Crippen LogP contribution in [0.1, 0.15) is 71.4 Å². The predicted molar refractivity (Wildman–Crippen MR) is 449 cm³/mol. The van der Waals surface area contributed by atoms with Gasteiger partial charge in [0.2, 0.25) is 0 Å². The standard InChI is InChI=1S/C23H27FN4O4.C18H19FN4O2.C15H15N3O2.C14H13N3O2.C8H6ClNO2.C7H8O3S/c1-15-5-6-16(11-25-15)12-26-21-28-19-8-7-18(9-20(19)31-21)30-14-17(10-24)13-27-22(29)32-23(2,3)4;1-12-2-3-13(9-21-12)10-22-18-23-16-5-4-15(6-17(16)25-18)24-11-14(7-19)8-20;1-10-3-4-11(8-16-10)9-17-15-18-13-6-5-12(19-2)7-14(13)20-15;1-9-2-3-10(7-15-9)8-16-14-17-12-5-4-11(18)6-13(12)19-14;1-11-5-2-3-6-7(4-5)12-8(9)10-6;1-6-2-4-7(5-3-6)11(8,9)10/h5-11H,12-14H2,1-4H3,(H,26,28)(H,27,29);2-7,9H,8,10-11,20H2,1H3,(H,22,23);3-8H,9H2,1-2H3,(H,17,18);2-7,18H,8H2,1H3,(H,16,17);2-4H,1H3;2-5H,1H3,(H,8,9,10)/b17-10+;14-7+;;;;. The monoisotopic (exact) mass is 1660 g/mol. The van der Waals surface area contributed by atoms with Crippen LogP contribution in [0.5, 0.6) is 28.7 Å². The highest BCUT2D eigenvalue weighted by atomic mass is 35.5. The fourth-order valence-electron chi connectivity index (χ4n) is 10.2. The quantitative estimate of drug-likeness (QED) is 0.0260. The van der Waals surface area contributed by atoms with Crippen LogP contribution in [-0.4, -0.2) is 115 Å². The molecule has 119 heavy (non-hydrogen) atoms. The van der Waals surface area contributed by atoms with Crippen LogP contribution in [0.2, 0.25) is 5.35 Å². The number of phenols is 1. The highest BCUT2D eigenvalue weighted by Crippen LogP contribution is 2.30. The molecular weight excluding hydrogens is 1580 g/mol. The van der Waals surface area contributed by atoms with Gasteiger partial charge in [-0.15, -0.1) is 0 Å². The zero-order chi connectivity index (χ0) is 85.0. The summed E-state index contributed by atoms with van der Waals surface area (Å²) in [6.45, 7) is 17.3. The SMILES string of the molecule is COc1ccc2nc(Cl)oc2c1.COc1ccc2nc(NCc3ccc(C)nc3)oc2c1.Cc1ccc(CNc2nc3ccc(O)cc3o2)cn1.Cc1ccc(CNc2nc3ccc(OC/C(=C/F)CN)cc3o2)cn1.Cc1ccc(CNc2nc3ccc(OC/C(=C/F)CNC(=O)OC(C)(C)C)cc3o2)cn1.Cc1ccc(S(=O)(=O)O)cc1. The Morgan fingerprint density at radius 2 is 0.824 bits per heavy atom. The second kappa shape index (κ2) is 42.2. The van der Waals surface area contributed by atoms with Gasteiger partial charge in [0.05, 0.1) is 31.8 Å². The van der Waals surface area contributed by atoms with Gasteiger partial charge < -0.3 is 83.2 Å². The summed E-state index contributed by atoms with van der Waals surface area (Å²) in [6, 6.07) is 49.7. The summed E-state index contributed by atoms with van der Waals surface area (Å²) < 4.78 is 109. The van der Waals surface area contributed by atoms with E-state index in [0.29, 0.717) is 124 Å². The number of phenolic OH excluding ortho intramolecular Hbond substituents is 1. The van der Waals surface area contributed by atoms with E-state index < -0.39 is 21.8 Å². The molecule has 0 atom stereocenters. The number of carbonyl (C=O) groups excluding carboxylic acids is 1. The number of aromatic nitrogens is 9. The van der Waals surface area contributed by atoms with Crippen molar-refractivity contribution in [3.63, 3.8) is 0 Å². The van der Waals surface area contributed by atoms with Crippen LogP contribution < -0.4 is 51.3 Å². The van der Waals surface area contributed by atoms with E-state index in [4.69, 9.17) is 67.7 Å². The first-order valence-electron chi connectivity index (χ1n) is 36.7. The summed E-state index contributed by atoms with van der Waals surface area (Å²) in [6.07, 6.45) is 7.52. The number of carbonyl (C=O) groups is 1. The molecule has 0 radical (unpaired) electrons. The molecule has 0 aliphatic heterocycles. The normalized spacial score (nSPS) is 11.3. The van der Waals surface area contributed by atoms with Gasteiger partial charge in [0.1, 0.15) is 75.1 Å². The third-order valence-corrected chi connectivity index (χ3v) is 17.5. The second-order valence-electron chi connectivity index (χ2n) is 27.2. The molecular formula is C85H88ClF2N15O15S. The van der Waals surface area contributed by atoms with Gasteiger partial charge in [-0.05, 0) is 186 Å². The first-order valence-corrected chi connectivity index (χ1v) is 38.6. The minimum Gasteiger partial charge on any atom is -0.508 e. The number of rotatable bonds is 24. The predicted octanol–water partition coefficient (Wildman–Crippen LogP) is 18.0. The summed E-state index contributed by atoms with van der Waals surface area (Å²) in [7, 11) is -0.797. The maximum Gasteiger partial charge on any atom is 0.407 e. The number of aromatic hydroxyl groups is 1. The number of methoxy groups -OCH3 is 2. The Bertz CT molecular complexity index is 5980. The third kappa shape index (κ3) is 28.0. The summed E-state index contributed by atoms with van der Waals surface area (Å²) >= 11 is 5.56. The van der Waals surface area contributed by atoms with Gasteiger partial charge >= 0.3 is 6.09 Å². The summed E-state index contributed by atoms with van der Waals surface area (Å²) in [5, 5.41) is 24.5. The van der Waals surface area contributed by atoms with E-state index in [0.717, 1.165) is 73.1 Å². The van der Waals surface area contributed by atoms with Gasteiger partial charge in [-0.3, -0.25) is 24.5 Å². The topological polar surface area (TPSA) is 406 Å². The van der Waals surface area contributed by atoms with Gasteiger partial charge in [-0.1, -0.05) is 42.0 Å². The van der Waals surface area contributed by atoms with Crippen molar-refractivity contribution in [2.75, 3.05) is 61.8 Å². The first-order chi connectivity index (χ1) is 57.1. The van der Waals surface area contributed by atoms with Gasteiger partial charge in [-0.2, -0.15) is 33.3 Å². The van der Waals surface area contributed by atoms with Crippen molar-refractivity contribution >= 4 is 107 Å². The summed E-state index contributed by atoms with van der Waals surface area (Å²) in [5.74, 6) is 2.70. The summed E-state index contributed by atoms with van der Waals surface area (Å²) in [4.78, 5) is 50.0. The molecule has 30 nitrogen and oxygen atoms in total. The minimum absolute atomic E-state index is 0.0299. The number of nitrogens with zero attached hydrogens (tertiary/aromatic N) is 9. The van der Waals surface area contributed by atoms with E-state index in [2.05, 4.69) is 71.4 Å². The maximum atomic E-state index is 13.2. The van der Waals surface area contributed by atoms with Crippen LogP contribution in [0.4, 0.5) is 37.6 Å². The van der Waals surface area contributed by atoms with Crippen LogP contribution in [0.3, 0.4) is 0 Å². The molecule has 0 fully saturated rings. The number of hydrogen-bond acceptors (Lipinski definition) is 28. The summed E-state index contributed by atoms with van der Waals surface area (Å²) in [5.41, 5.74) is 21.1. The zero-order valence-corrected chi connectivity index (χ0v) is 68.1. The number of nitrogens with one attached hydrogen (secondary N) is 5. The highest BCUT2D eigenvalue weighted by Gasteiger charge is 2.18. The Hall–Kier alpha value is -13.8. The molecule has 0 bridgehead atoms. The lowest BCUT2D eigenvalue weighted by molar-refractivity contribution is 0.0531. The number of fused-ring (bicyclic) bond motifs is 5. The lowest BCUT2D eigenvalue weighted by Gasteiger charge is -2.20. The number of pyridine rings is 4. The number of alkyl carbamates (subject to hydrolysis) is 1. The molecule has 15 aromatic rings. The van der Waals surface area contributed by atoms with Crippen molar-refractivity contribution in [3.8, 4) is 28.7 Å². The van der Waals surface area contributed by atoms with E-state index in [1.807, 2.05) is 120 Å². The van der Waals surface area contributed by atoms with E-state index in [1.165, 1.54) is 12.1 Å². The van der Waals surface area contributed by atoms with Gasteiger partial charge in [0, 0.05) is 128 Å². The lowest BCUT2D eigenvalue weighted by atomic mass is 10.2. The largest absolute Gasteiger partial charge is 0.508 e. The fraction of sp³-hybridized carbons (Fsp3) is 0.224. The molecule has 0 saturated heterocycles. The molecule has 9 heterocycles. The molecule has 34 heteroatoms. The van der Waals surface area contributed by atoms with E-state index in [-0.39, 0.29) is 47.9 Å². The molecule has 9 N–H and O–H groups in total. The molecule has 1 amide bonds. The highest BCUT2D eigenvalue weighted by molar-refractivity contribution is 7.85. The molecule has 6 aromatic carbocycles. The van der Waals surface area contributed by atoms with Gasteiger partial charge in [-0.25, -0.2) is 13.6 Å². The number of ether oxygens (including phenoxy) is 5. The van der Waals surface area contributed by atoms with Crippen molar-refractivity contribution in [3.05, 3.63) is 268 Å². The lowest BCUT2D eigenvalue weighted by Crippen LogP contribution is -2.34. The van der Waals surface area contributed by atoms with Crippen molar-refractivity contribution in [1.82, 2.24) is 50.2 Å². The van der Waals surface area contributed by atoms with Crippen molar-refractivity contribution in [2.24, 2.45) is 5.73 Å². The molecule has 0 aliphatic rings. The average Bonchev–Trinajstić information content (AvgIpc) is 1.71. The van der Waals surface area contributed by atoms with Crippen LogP contribution in [-0.2, 0) is 41.0 Å². The van der Waals surface area contributed by atoms with Crippen molar-refractivity contribution in [2.45, 2.75) is 92.1 Å². The zero-order valence-electron chi connectivity index (χ0n) is 66.6. The van der Waals surface area contributed by atoms with Crippen LogP contribution in [0, 0.1) is 34.6 Å². The Balaban J connectivity index is 0.000000155. The van der Waals surface area contributed by atoms with Crippen molar-refractivity contribution in [1.29, 1.82) is 0 Å². The smallest absolute Gasteiger partial charge is 0.407 e. The number of hydrogen-bond donors (Lipinski definition) is 8. The number of anilines is 4. The molecule has 0 saturated carbocycles. The van der Waals surface area contributed by atoms with Crippen LogP contribution in [0.15, 0.2) is 239 Å². The van der Waals surface area contributed by atoms with E-state index >= 15 is 0 Å². The van der Waals surface area contributed by atoms with Crippen LogP contribution >= 0.6 is 11.6 Å². The van der Waals surface area contributed by atoms with Gasteiger partial charge in [0.15, 0.2) is 27.9 Å². The van der Waals surface area contributed by atoms with E-state index in [9.17, 15) is 27.1 Å². The molecule has 9 aromatic heterocycles. The number of amides is 1. The third-order valence-electron chi connectivity index (χ3n) is 16.5. The molecule has 15 rings (SSSR count).